The number of nitrogens with zero attached hydrogens (tertiary/aromatic N) is 1. The largest absolute Gasteiger partial charge is 0.306 e. The molecule has 4 heteroatoms. The Bertz CT molecular complexity index is 473. The van der Waals surface area contributed by atoms with Gasteiger partial charge in [0.25, 0.3) is 5.92 Å². The minimum atomic E-state index is -2.87. The highest BCUT2D eigenvalue weighted by Gasteiger charge is 2.42. The van der Waals surface area contributed by atoms with Crippen molar-refractivity contribution in [3.05, 3.63) is 35.4 Å². The second-order valence-electron chi connectivity index (χ2n) is 5.36. The Kier molecular flexibility index (Phi) is 3.99. The number of carbonyl (C=O) groups excluding carboxylic acids is 1. The number of rotatable bonds is 3. The Labute approximate surface area is 112 Å². The van der Waals surface area contributed by atoms with Crippen LogP contribution in [0.4, 0.5) is 8.78 Å². The molecule has 1 saturated heterocycles. The van der Waals surface area contributed by atoms with E-state index in [-0.39, 0.29) is 11.3 Å². The molecular formula is C15H19F2NO. The summed E-state index contributed by atoms with van der Waals surface area (Å²) in [5.74, 6) is -3.73. The Balaban J connectivity index is 2.27. The molecule has 1 aromatic rings. The maximum Gasteiger partial charge on any atom is 0.277 e. The molecule has 0 N–H and O–H groups in total. The fraction of sp³-hybridized carbons (Fsp3) is 0.533. The number of benzene rings is 1. The number of alkyl halides is 2. The van der Waals surface area contributed by atoms with Crippen LogP contribution in [0.5, 0.6) is 0 Å². The third-order valence-electron chi connectivity index (χ3n) is 3.79. The van der Waals surface area contributed by atoms with Crippen LogP contribution < -0.4 is 0 Å². The first-order chi connectivity index (χ1) is 8.91. The molecule has 1 fully saturated rings. The topological polar surface area (TPSA) is 20.3 Å². The Morgan fingerprint density at radius 3 is 2.79 bits per heavy atom. The Hall–Kier alpha value is -1.29. The molecule has 1 aliphatic heterocycles. The lowest BCUT2D eigenvalue weighted by Crippen LogP contribution is -2.40. The third-order valence-corrected chi connectivity index (χ3v) is 3.79. The van der Waals surface area contributed by atoms with E-state index in [4.69, 9.17) is 0 Å². The lowest BCUT2D eigenvalue weighted by molar-refractivity contribution is -0.0864. The van der Waals surface area contributed by atoms with E-state index in [1.54, 1.807) is 6.07 Å². The average Bonchev–Trinajstić information content (AvgIpc) is 2.39. The number of hydrogen-bond acceptors (Lipinski definition) is 2. The molecule has 1 heterocycles. The third kappa shape index (κ3) is 3.00. The second-order valence-corrected chi connectivity index (χ2v) is 5.36. The maximum absolute atomic E-state index is 14.5. The molecule has 0 amide bonds. The van der Waals surface area contributed by atoms with E-state index in [1.165, 1.54) is 25.1 Å². The lowest BCUT2D eigenvalue weighted by Gasteiger charge is -2.35. The molecule has 0 bridgehead atoms. The first-order valence-corrected chi connectivity index (χ1v) is 6.59. The van der Waals surface area contributed by atoms with Crippen molar-refractivity contribution in [2.24, 2.45) is 5.92 Å². The van der Waals surface area contributed by atoms with Crippen molar-refractivity contribution in [1.82, 2.24) is 4.90 Å². The van der Waals surface area contributed by atoms with Crippen LogP contribution in [-0.2, 0) is 5.92 Å². The summed E-state index contributed by atoms with van der Waals surface area (Å²) in [7, 11) is 1.87. The molecule has 0 aromatic heterocycles. The molecule has 1 atom stereocenters. The van der Waals surface area contributed by atoms with Crippen molar-refractivity contribution in [3.8, 4) is 0 Å². The molecule has 0 saturated carbocycles. The van der Waals surface area contributed by atoms with Gasteiger partial charge >= 0.3 is 0 Å². The number of hydrogen-bond donors (Lipinski definition) is 0. The van der Waals surface area contributed by atoms with Gasteiger partial charge in [-0.25, -0.2) is 8.78 Å². The number of carbonyl (C=O) groups is 1. The van der Waals surface area contributed by atoms with Gasteiger partial charge in [0.15, 0.2) is 5.78 Å². The molecule has 104 valence electrons. The predicted octanol–water partition coefficient (Wildman–Crippen LogP) is 3.32. The first kappa shape index (κ1) is 14.1. The molecular weight excluding hydrogens is 248 g/mol. The number of piperidine rings is 1. The SMILES string of the molecule is CC(=O)c1cccc(C(F)(F)C2CCCN(C)C2)c1. The van der Waals surface area contributed by atoms with Crippen LogP contribution in [0.15, 0.2) is 24.3 Å². The van der Waals surface area contributed by atoms with Gasteiger partial charge in [0.1, 0.15) is 0 Å². The van der Waals surface area contributed by atoms with E-state index in [1.807, 2.05) is 11.9 Å². The molecule has 19 heavy (non-hydrogen) atoms. The van der Waals surface area contributed by atoms with Gasteiger partial charge in [0.2, 0.25) is 0 Å². The summed E-state index contributed by atoms with van der Waals surface area (Å²) in [5, 5.41) is 0. The van der Waals surface area contributed by atoms with Crippen LogP contribution in [0.2, 0.25) is 0 Å². The highest BCUT2D eigenvalue weighted by atomic mass is 19.3. The van der Waals surface area contributed by atoms with Crippen LogP contribution in [0.3, 0.4) is 0 Å². The van der Waals surface area contributed by atoms with Crippen LogP contribution in [0, 0.1) is 5.92 Å². The zero-order chi connectivity index (χ0) is 14.0. The Morgan fingerprint density at radius 1 is 1.42 bits per heavy atom. The fourth-order valence-electron chi connectivity index (χ4n) is 2.64. The average molecular weight is 267 g/mol. The highest BCUT2D eigenvalue weighted by molar-refractivity contribution is 5.94. The molecule has 0 radical (unpaired) electrons. The monoisotopic (exact) mass is 267 g/mol. The van der Waals surface area contributed by atoms with Gasteiger partial charge in [0, 0.05) is 23.6 Å². The van der Waals surface area contributed by atoms with E-state index in [0.29, 0.717) is 18.5 Å². The molecule has 0 spiro atoms. The zero-order valence-electron chi connectivity index (χ0n) is 11.3. The highest BCUT2D eigenvalue weighted by Crippen LogP contribution is 2.40. The summed E-state index contributed by atoms with van der Waals surface area (Å²) in [6.45, 7) is 2.67. The summed E-state index contributed by atoms with van der Waals surface area (Å²) in [6, 6.07) is 5.86. The molecule has 2 rings (SSSR count). The summed E-state index contributed by atoms with van der Waals surface area (Å²) in [4.78, 5) is 13.2. The molecule has 1 aromatic carbocycles. The molecule has 1 aliphatic rings. The summed E-state index contributed by atoms with van der Waals surface area (Å²) in [5.41, 5.74) is 0.307. The van der Waals surface area contributed by atoms with Crippen molar-refractivity contribution in [3.63, 3.8) is 0 Å². The minimum Gasteiger partial charge on any atom is -0.306 e. The van der Waals surface area contributed by atoms with Gasteiger partial charge in [0.05, 0.1) is 0 Å². The van der Waals surface area contributed by atoms with Crippen LogP contribution >= 0.6 is 0 Å². The smallest absolute Gasteiger partial charge is 0.277 e. The Morgan fingerprint density at radius 2 is 2.16 bits per heavy atom. The van der Waals surface area contributed by atoms with E-state index in [9.17, 15) is 13.6 Å². The molecule has 2 nitrogen and oxygen atoms in total. The van der Waals surface area contributed by atoms with Crippen LogP contribution in [0.1, 0.15) is 35.7 Å². The predicted molar refractivity (Wildman–Crippen MR) is 70.6 cm³/mol. The van der Waals surface area contributed by atoms with E-state index >= 15 is 0 Å². The van der Waals surface area contributed by atoms with Crippen LogP contribution in [0.25, 0.3) is 0 Å². The number of Topliss-reactive ketones (excluding diaryl/α,β-unsaturated/α-hetero) is 1. The normalized spacial score (nSPS) is 21.4. The van der Waals surface area contributed by atoms with Crippen molar-refractivity contribution >= 4 is 5.78 Å². The maximum atomic E-state index is 14.5. The van der Waals surface area contributed by atoms with Gasteiger partial charge in [-0.1, -0.05) is 18.2 Å². The van der Waals surface area contributed by atoms with E-state index in [0.717, 1.165) is 13.0 Å². The number of halogens is 2. The van der Waals surface area contributed by atoms with Crippen molar-refractivity contribution in [2.75, 3.05) is 20.1 Å². The molecule has 0 aliphatic carbocycles. The lowest BCUT2D eigenvalue weighted by atomic mass is 9.87. The summed E-state index contributed by atoms with van der Waals surface area (Å²) in [6.07, 6.45) is 1.32. The van der Waals surface area contributed by atoms with Gasteiger partial charge in [-0.05, 0) is 39.4 Å². The fourth-order valence-corrected chi connectivity index (χ4v) is 2.64. The van der Waals surface area contributed by atoms with E-state index < -0.39 is 11.8 Å². The number of likely N-dealkylation sites (tertiary alicyclic amines) is 1. The van der Waals surface area contributed by atoms with Gasteiger partial charge in [-0.15, -0.1) is 0 Å². The van der Waals surface area contributed by atoms with Gasteiger partial charge in [-0.2, -0.15) is 0 Å². The van der Waals surface area contributed by atoms with Gasteiger partial charge in [-0.3, -0.25) is 4.79 Å². The van der Waals surface area contributed by atoms with Crippen molar-refractivity contribution in [1.29, 1.82) is 0 Å². The van der Waals surface area contributed by atoms with Crippen LogP contribution in [-0.4, -0.2) is 30.8 Å². The van der Waals surface area contributed by atoms with E-state index in [2.05, 4.69) is 0 Å². The summed E-state index contributed by atoms with van der Waals surface area (Å²) < 4.78 is 29.0. The minimum absolute atomic E-state index is 0.0412. The summed E-state index contributed by atoms with van der Waals surface area (Å²) >= 11 is 0. The van der Waals surface area contributed by atoms with Crippen molar-refractivity contribution < 1.29 is 13.6 Å². The number of ketones is 1. The zero-order valence-corrected chi connectivity index (χ0v) is 11.3. The second kappa shape index (κ2) is 5.37. The quantitative estimate of drug-likeness (QED) is 0.783. The first-order valence-electron chi connectivity index (χ1n) is 6.59. The van der Waals surface area contributed by atoms with Gasteiger partial charge < -0.3 is 4.90 Å². The van der Waals surface area contributed by atoms with Crippen molar-refractivity contribution in [2.45, 2.75) is 25.7 Å². The standard InChI is InChI=1S/C15H19F2NO/c1-11(19)12-5-3-6-13(9-12)15(16,17)14-7-4-8-18(2)10-14/h3,5-6,9,14H,4,7-8,10H2,1-2H3. The molecule has 1 unspecified atom stereocenters.